The van der Waals surface area contributed by atoms with Gasteiger partial charge in [-0.2, -0.15) is 0 Å². The molecule has 0 saturated heterocycles. The lowest BCUT2D eigenvalue weighted by Gasteiger charge is -2.17. The zero-order chi connectivity index (χ0) is 21.3. The Morgan fingerprint density at radius 3 is 2.47 bits per heavy atom. The number of non-ortho nitro benzene ring substituents is 1. The van der Waals surface area contributed by atoms with Gasteiger partial charge in [-0.1, -0.05) is 0 Å². The Morgan fingerprint density at radius 1 is 1.10 bits per heavy atom. The predicted molar refractivity (Wildman–Crippen MR) is 115 cm³/mol. The lowest BCUT2D eigenvalue weighted by Crippen LogP contribution is -2.14. The van der Waals surface area contributed by atoms with Gasteiger partial charge in [0.25, 0.3) is 5.69 Å². The highest BCUT2D eigenvalue weighted by molar-refractivity contribution is 5.91. The molecule has 0 bridgehead atoms. The van der Waals surface area contributed by atoms with Crippen LogP contribution < -0.4 is 20.1 Å². The summed E-state index contributed by atoms with van der Waals surface area (Å²) in [6, 6.07) is 11.6. The monoisotopic (exact) mass is 413 g/mol. The molecule has 1 fully saturated rings. The Balaban J connectivity index is 1.45. The van der Waals surface area contributed by atoms with Crippen LogP contribution >= 0.6 is 0 Å². The largest absolute Gasteiger partial charge is 0.493 e. The molecule has 0 atom stereocenters. The van der Waals surface area contributed by atoms with Gasteiger partial charge in [0.2, 0.25) is 5.91 Å². The molecule has 2 aromatic carbocycles. The third-order valence-corrected chi connectivity index (χ3v) is 5.03. The smallest absolute Gasteiger partial charge is 0.269 e. The van der Waals surface area contributed by atoms with Crippen molar-refractivity contribution < 1.29 is 19.2 Å². The molecule has 3 rings (SSSR count). The number of nitrogens with zero attached hydrogens (tertiary/aromatic N) is 1. The average molecular weight is 413 g/mol. The summed E-state index contributed by atoms with van der Waals surface area (Å²) >= 11 is 0. The normalized spacial score (nSPS) is 13.6. The van der Waals surface area contributed by atoms with E-state index in [9.17, 15) is 14.9 Å². The van der Waals surface area contributed by atoms with Crippen molar-refractivity contribution in [3.05, 3.63) is 52.6 Å². The van der Waals surface area contributed by atoms with Crippen LogP contribution in [0, 0.1) is 10.1 Å². The molecule has 0 radical (unpaired) electrons. The van der Waals surface area contributed by atoms with Gasteiger partial charge in [-0.15, -0.1) is 0 Å². The van der Waals surface area contributed by atoms with E-state index >= 15 is 0 Å². The van der Waals surface area contributed by atoms with E-state index in [4.69, 9.17) is 9.47 Å². The van der Waals surface area contributed by atoms with E-state index in [0.717, 1.165) is 18.5 Å². The van der Waals surface area contributed by atoms with Gasteiger partial charge < -0.3 is 20.1 Å². The number of methoxy groups -OCH3 is 1. The zero-order valence-corrected chi connectivity index (χ0v) is 17.1. The van der Waals surface area contributed by atoms with Crippen LogP contribution in [0.25, 0.3) is 0 Å². The molecule has 0 unspecified atom stereocenters. The summed E-state index contributed by atoms with van der Waals surface area (Å²) in [5.41, 5.74) is 1.51. The zero-order valence-electron chi connectivity index (χ0n) is 17.1. The number of benzene rings is 2. The fraction of sp³-hybridized carbons (Fsp3) is 0.409. The van der Waals surface area contributed by atoms with Crippen LogP contribution in [0.15, 0.2) is 42.5 Å². The topological polar surface area (TPSA) is 103 Å². The maximum absolute atomic E-state index is 12.3. The standard InChI is InChI=1S/C22H27N3O5/c1-29-20-13-10-17(15-21(20)30-19-5-2-3-6-19)24-22(26)7-4-14-23-16-8-11-18(12-9-16)25(27)28/h8-13,15,19,23H,2-7,14H2,1H3,(H,24,26). The van der Waals surface area contributed by atoms with Gasteiger partial charge in [0.1, 0.15) is 0 Å². The molecule has 0 spiro atoms. The van der Waals surface area contributed by atoms with Crippen molar-refractivity contribution in [3.8, 4) is 11.5 Å². The third-order valence-electron chi connectivity index (χ3n) is 5.03. The number of hydrogen-bond donors (Lipinski definition) is 2. The van der Waals surface area contributed by atoms with E-state index in [-0.39, 0.29) is 17.7 Å². The highest BCUT2D eigenvalue weighted by Crippen LogP contribution is 2.34. The minimum Gasteiger partial charge on any atom is -0.493 e. The van der Waals surface area contributed by atoms with Crippen LogP contribution in [0.2, 0.25) is 0 Å². The Kier molecular flexibility index (Phi) is 7.48. The molecule has 8 nitrogen and oxygen atoms in total. The van der Waals surface area contributed by atoms with Crippen molar-refractivity contribution in [2.75, 3.05) is 24.3 Å². The van der Waals surface area contributed by atoms with E-state index in [1.807, 2.05) is 6.07 Å². The first-order valence-corrected chi connectivity index (χ1v) is 10.2. The van der Waals surface area contributed by atoms with Gasteiger partial charge in [-0.25, -0.2) is 0 Å². The molecule has 0 heterocycles. The summed E-state index contributed by atoms with van der Waals surface area (Å²) in [4.78, 5) is 22.5. The van der Waals surface area contributed by atoms with E-state index in [1.54, 1.807) is 31.4 Å². The predicted octanol–water partition coefficient (Wildman–Crippen LogP) is 4.76. The van der Waals surface area contributed by atoms with Crippen LogP contribution in [0.3, 0.4) is 0 Å². The second-order valence-electron chi connectivity index (χ2n) is 7.27. The van der Waals surface area contributed by atoms with E-state index < -0.39 is 4.92 Å². The molecule has 1 aliphatic carbocycles. The average Bonchev–Trinajstić information content (AvgIpc) is 3.25. The minimum atomic E-state index is -0.433. The van der Waals surface area contributed by atoms with E-state index in [0.29, 0.717) is 36.6 Å². The van der Waals surface area contributed by atoms with Crippen LogP contribution in [0.5, 0.6) is 11.5 Å². The molecule has 1 amide bonds. The molecule has 1 aliphatic rings. The van der Waals surface area contributed by atoms with E-state index in [2.05, 4.69) is 10.6 Å². The second kappa shape index (κ2) is 10.5. The molecule has 1 saturated carbocycles. The number of nitro groups is 1. The fourth-order valence-electron chi connectivity index (χ4n) is 3.44. The summed E-state index contributed by atoms with van der Waals surface area (Å²) in [6.45, 7) is 0.587. The quantitative estimate of drug-likeness (QED) is 0.331. The number of anilines is 2. The van der Waals surface area contributed by atoms with Gasteiger partial charge in [0.15, 0.2) is 11.5 Å². The van der Waals surface area contributed by atoms with Gasteiger partial charge in [-0.3, -0.25) is 14.9 Å². The summed E-state index contributed by atoms with van der Waals surface area (Å²) in [7, 11) is 1.60. The molecular weight excluding hydrogens is 386 g/mol. The first kappa shape index (κ1) is 21.4. The highest BCUT2D eigenvalue weighted by atomic mass is 16.6. The van der Waals surface area contributed by atoms with Crippen molar-refractivity contribution in [2.24, 2.45) is 0 Å². The summed E-state index contributed by atoms with van der Waals surface area (Å²) < 4.78 is 11.4. The fourth-order valence-corrected chi connectivity index (χ4v) is 3.44. The van der Waals surface area contributed by atoms with E-state index in [1.165, 1.54) is 25.0 Å². The number of hydrogen-bond acceptors (Lipinski definition) is 6. The molecule has 2 N–H and O–H groups in total. The van der Waals surface area contributed by atoms with Gasteiger partial charge in [0, 0.05) is 42.5 Å². The first-order valence-electron chi connectivity index (χ1n) is 10.2. The molecule has 30 heavy (non-hydrogen) atoms. The summed E-state index contributed by atoms with van der Waals surface area (Å²) in [5, 5.41) is 16.7. The second-order valence-corrected chi connectivity index (χ2v) is 7.27. The molecule has 8 heteroatoms. The number of rotatable bonds is 10. The lowest BCUT2D eigenvalue weighted by atomic mass is 10.2. The SMILES string of the molecule is COc1ccc(NC(=O)CCCNc2ccc([N+](=O)[O-])cc2)cc1OC1CCCC1. The Bertz CT molecular complexity index is 864. The lowest BCUT2D eigenvalue weighted by molar-refractivity contribution is -0.384. The third kappa shape index (κ3) is 6.10. The van der Waals surface area contributed by atoms with Gasteiger partial charge in [0.05, 0.1) is 18.1 Å². The number of carbonyl (C=O) groups is 1. The highest BCUT2D eigenvalue weighted by Gasteiger charge is 2.19. The number of nitro benzene ring substituents is 1. The van der Waals surface area contributed by atoms with Crippen molar-refractivity contribution in [1.82, 2.24) is 0 Å². The Hall–Kier alpha value is -3.29. The van der Waals surface area contributed by atoms with Crippen molar-refractivity contribution >= 4 is 23.0 Å². The number of ether oxygens (including phenoxy) is 2. The first-order chi connectivity index (χ1) is 14.5. The molecule has 160 valence electrons. The minimum absolute atomic E-state index is 0.0516. The maximum atomic E-state index is 12.3. The van der Waals surface area contributed by atoms with Crippen LogP contribution in [-0.2, 0) is 4.79 Å². The van der Waals surface area contributed by atoms with Crippen molar-refractivity contribution in [1.29, 1.82) is 0 Å². The van der Waals surface area contributed by atoms with Gasteiger partial charge in [-0.05, 0) is 56.4 Å². The molecular formula is C22H27N3O5. The number of carbonyl (C=O) groups excluding carboxylic acids is 1. The van der Waals surface area contributed by atoms with Crippen molar-refractivity contribution in [2.45, 2.75) is 44.6 Å². The molecule has 0 aromatic heterocycles. The Labute approximate surface area is 175 Å². The Morgan fingerprint density at radius 2 is 1.80 bits per heavy atom. The summed E-state index contributed by atoms with van der Waals surface area (Å²) in [6.07, 6.45) is 5.63. The number of amides is 1. The maximum Gasteiger partial charge on any atom is 0.269 e. The molecule has 0 aliphatic heterocycles. The molecule has 2 aromatic rings. The summed E-state index contributed by atoms with van der Waals surface area (Å²) in [5.74, 6) is 1.23. The van der Waals surface area contributed by atoms with Crippen LogP contribution in [0.4, 0.5) is 17.1 Å². The van der Waals surface area contributed by atoms with Gasteiger partial charge >= 0.3 is 0 Å². The number of nitrogens with one attached hydrogen (secondary N) is 2. The van der Waals surface area contributed by atoms with Crippen LogP contribution in [0.1, 0.15) is 38.5 Å². The van der Waals surface area contributed by atoms with Crippen LogP contribution in [-0.4, -0.2) is 30.6 Å². The van der Waals surface area contributed by atoms with Crippen molar-refractivity contribution in [3.63, 3.8) is 0 Å².